The zero-order valence-electron chi connectivity index (χ0n) is 10.6. The highest BCUT2D eigenvalue weighted by Crippen LogP contribution is 2.13. The molecule has 1 aromatic carbocycles. The van der Waals surface area contributed by atoms with Gasteiger partial charge in [0.25, 0.3) is 0 Å². The van der Waals surface area contributed by atoms with Crippen LogP contribution >= 0.6 is 12.4 Å². The Labute approximate surface area is 113 Å². The molecule has 0 spiro atoms. The molecular weight excluding hydrogens is 250 g/mol. The fourth-order valence-electron chi connectivity index (χ4n) is 1.57. The van der Waals surface area contributed by atoms with Gasteiger partial charge in [-0.3, -0.25) is 4.68 Å². The number of hydrogen-bond donors (Lipinski definition) is 1. The van der Waals surface area contributed by atoms with Crippen LogP contribution in [0.2, 0.25) is 0 Å². The summed E-state index contributed by atoms with van der Waals surface area (Å²) in [4.78, 5) is 0. The van der Waals surface area contributed by atoms with Crippen LogP contribution in [0.5, 0.6) is 5.75 Å². The maximum absolute atomic E-state index is 5.39. The fourth-order valence-corrected chi connectivity index (χ4v) is 1.57. The number of benzene rings is 1. The number of anilines is 1. The van der Waals surface area contributed by atoms with E-state index in [1.54, 1.807) is 4.68 Å². The first kappa shape index (κ1) is 14.4. The van der Waals surface area contributed by atoms with E-state index in [-0.39, 0.29) is 12.4 Å². The average molecular weight is 268 g/mol. The molecule has 0 atom stereocenters. The topological polar surface area (TPSA) is 39.1 Å². The standard InChI is InChI=1S/C13H17N3O.ClH/c1-3-17-12-6-4-11(5-7-12)10-14-13-8-9-16(2)15-13;/h4-9H,3,10H2,1-2H3,(H,14,15);1H. The van der Waals surface area contributed by atoms with E-state index in [1.165, 1.54) is 5.56 Å². The zero-order valence-corrected chi connectivity index (χ0v) is 11.4. The smallest absolute Gasteiger partial charge is 0.148 e. The molecule has 0 radical (unpaired) electrons. The largest absolute Gasteiger partial charge is 0.494 e. The molecule has 0 saturated carbocycles. The third-order valence-corrected chi connectivity index (χ3v) is 2.42. The van der Waals surface area contributed by atoms with Crippen LogP contribution in [0.15, 0.2) is 36.5 Å². The lowest BCUT2D eigenvalue weighted by Crippen LogP contribution is -2.01. The van der Waals surface area contributed by atoms with Crippen molar-refractivity contribution in [1.82, 2.24) is 9.78 Å². The molecule has 2 aromatic rings. The zero-order chi connectivity index (χ0) is 12.1. The number of nitrogens with zero attached hydrogens (tertiary/aromatic N) is 2. The van der Waals surface area contributed by atoms with Crippen LogP contribution < -0.4 is 10.1 Å². The molecule has 0 fully saturated rings. The number of aryl methyl sites for hydroxylation is 1. The Hall–Kier alpha value is -1.68. The number of aromatic nitrogens is 2. The highest BCUT2D eigenvalue weighted by Gasteiger charge is 1.97. The maximum Gasteiger partial charge on any atom is 0.148 e. The lowest BCUT2D eigenvalue weighted by molar-refractivity contribution is 0.340. The second kappa shape index (κ2) is 6.91. The summed E-state index contributed by atoms with van der Waals surface area (Å²) in [5.74, 6) is 1.80. The van der Waals surface area contributed by atoms with E-state index in [2.05, 4.69) is 22.5 Å². The van der Waals surface area contributed by atoms with Gasteiger partial charge in [-0.15, -0.1) is 12.4 Å². The molecule has 0 unspecified atom stereocenters. The van der Waals surface area contributed by atoms with E-state index < -0.39 is 0 Å². The van der Waals surface area contributed by atoms with E-state index in [1.807, 2.05) is 38.4 Å². The number of hydrogen-bond acceptors (Lipinski definition) is 3. The van der Waals surface area contributed by atoms with Gasteiger partial charge >= 0.3 is 0 Å². The first-order chi connectivity index (χ1) is 8.28. The van der Waals surface area contributed by atoms with E-state index >= 15 is 0 Å². The van der Waals surface area contributed by atoms with Gasteiger partial charge in [0.2, 0.25) is 0 Å². The van der Waals surface area contributed by atoms with Crippen LogP contribution in [-0.2, 0) is 13.6 Å². The Morgan fingerprint density at radius 2 is 1.94 bits per heavy atom. The van der Waals surface area contributed by atoms with Crippen molar-refractivity contribution < 1.29 is 4.74 Å². The fraction of sp³-hybridized carbons (Fsp3) is 0.308. The van der Waals surface area contributed by atoms with Crippen LogP contribution in [0, 0.1) is 0 Å². The van der Waals surface area contributed by atoms with Crippen LogP contribution in [0.4, 0.5) is 5.82 Å². The maximum atomic E-state index is 5.39. The van der Waals surface area contributed by atoms with Crippen molar-refractivity contribution in [2.24, 2.45) is 7.05 Å². The van der Waals surface area contributed by atoms with Crippen molar-refractivity contribution in [2.75, 3.05) is 11.9 Å². The van der Waals surface area contributed by atoms with Crippen LogP contribution in [0.25, 0.3) is 0 Å². The minimum absolute atomic E-state index is 0. The quantitative estimate of drug-likeness (QED) is 0.905. The van der Waals surface area contributed by atoms with Crippen molar-refractivity contribution in [3.8, 4) is 5.75 Å². The first-order valence-electron chi connectivity index (χ1n) is 5.73. The predicted octanol–water partition coefficient (Wildman–Crippen LogP) is 2.85. The third-order valence-electron chi connectivity index (χ3n) is 2.42. The van der Waals surface area contributed by atoms with E-state index in [4.69, 9.17) is 4.74 Å². The van der Waals surface area contributed by atoms with Crippen molar-refractivity contribution >= 4 is 18.2 Å². The van der Waals surface area contributed by atoms with Crippen molar-refractivity contribution in [3.05, 3.63) is 42.1 Å². The Morgan fingerprint density at radius 1 is 1.22 bits per heavy atom. The van der Waals surface area contributed by atoms with Gasteiger partial charge in [-0.1, -0.05) is 12.1 Å². The molecule has 2 rings (SSSR count). The molecule has 1 aromatic heterocycles. The van der Waals surface area contributed by atoms with Crippen LogP contribution in [0.1, 0.15) is 12.5 Å². The summed E-state index contributed by atoms with van der Waals surface area (Å²) in [5, 5.41) is 7.51. The van der Waals surface area contributed by atoms with Gasteiger partial charge in [0.1, 0.15) is 11.6 Å². The third kappa shape index (κ3) is 3.96. The van der Waals surface area contributed by atoms with E-state index in [0.717, 1.165) is 18.1 Å². The molecule has 4 nitrogen and oxygen atoms in total. The SMILES string of the molecule is CCOc1ccc(CNc2ccn(C)n2)cc1.Cl. The number of nitrogens with one attached hydrogen (secondary N) is 1. The van der Waals surface area contributed by atoms with Gasteiger partial charge < -0.3 is 10.1 Å². The second-order valence-corrected chi connectivity index (χ2v) is 3.81. The van der Waals surface area contributed by atoms with Gasteiger partial charge in [0.05, 0.1) is 6.61 Å². The summed E-state index contributed by atoms with van der Waals surface area (Å²) in [6, 6.07) is 10.0. The average Bonchev–Trinajstić information content (AvgIpc) is 2.75. The number of rotatable bonds is 5. The summed E-state index contributed by atoms with van der Waals surface area (Å²) in [6.07, 6.45) is 1.92. The van der Waals surface area contributed by atoms with Gasteiger partial charge in [-0.2, -0.15) is 5.10 Å². The molecule has 5 heteroatoms. The molecule has 1 N–H and O–H groups in total. The molecule has 0 amide bonds. The van der Waals surface area contributed by atoms with Crippen molar-refractivity contribution in [2.45, 2.75) is 13.5 Å². The molecule has 0 aliphatic rings. The first-order valence-corrected chi connectivity index (χ1v) is 5.73. The molecular formula is C13H18ClN3O. The summed E-state index contributed by atoms with van der Waals surface area (Å²) in [7, 11) is 1.90. The summed E-state index contributed by atoms with van der Waals surface area (Å²) in [5.41, 5.74) is 1.21. The van der Waals surface area contributed by atoms with Crippen LogP contribution in [-0.4, -0.2) is 16.4 Å². The van der Waals surface area contributed by atoms with Gasteiger partial charge in [0.15, 0.2) is 0 Å². The molecule has 18 heavy (non-hydrogen) atoms. The highest BCUT2D eigenvalue weighted by atomic mass is 35.5. The molecule has 0 aliphatic heterocycles. The van der Waals surface area contributed by atoms with Crippen molar-refractivity contribution in [1.29, 1.82) is 0 Å². The van der Waals surface area contributed by atoms with Gasteiger partial charge in [-0.25, -0.2) is 0 Å². The summed E-state index contributed by atoms with van der Waals surface area (Å²) < 4.78 is 7.17. The van der Waals surface area contributed by atoms with Crippen molar-refractivity contribution in [3.63, 3.8) is 0 Å². The highest BCUT2D eigenvalue weighted by molar-refractivity contribution is 5.85. The number of ether oxygens (including phenoxy) is 1. The Morgan fingerprint density at radius 3 is 2.50 bits per heavy atom. The predicted molar refractivity (Wildman–Crippen MR) is 75.4 cm³/mol. The molecule has 0 aliphatic carbocycles. The van der Waals surface area contributed by atoms with Gasteiger partial charge in [-0.05, 0) is 24.6 Å². The minimum Gasteiger partial charge on any atom is -0.494 e. The Kier molecular flexibility index (Phi) is 5.52. The molecule has 0 saturated heterocycles. The Bertz CT molecular complexity index is 467. The molecule has 1 heterocycles. The lowest BCUT2D eigenvalue weighted by atomic mass is 10.2. The minimum atomic E-state index is 0. The second-order valence-electron chi connectivity index (χ2n) is 3.81. The summed E-state index contributed by atoms with van der Waals surface area (Å²) in [6.45, 7) is 3.45. The Balaban J connectivity index is 0.00000162. The van der Waals surface area contributed by atoms with Gasteiger partial charge in [0, 0.05) is 25.9 Å². The molecule has 98 valence electrons. The van der Waals surface area contributed by atoms with E-state index in [0.29, 0.717) is 6.61 Å². The van der Waals surface area contributed by atoms with Crippen LogP contribution in [0.3, 0.4) is 0 Å². The number of halogens is 1. The lowest BCUT2D eigenvalue weighted by Gasteiger charge is -2.05. The normalized spacial score (nSPS) is 9.67. The molecule has 0 bridgehead atoms. The monoisotopic (exact) mass is 267 g/mol. The summed E-state index contributed by atoms with van der Waals surface area (Å²) >= 11 is 0. The van der Waals surface area contributed by atoms with E-state index in [9.17, 15) is 0 Å².